The van der Waals surface area contributed by atoms with Crippen LogP contribution >= 0.6 is 0 Å². The van der Waals surface area contributed by atoms with Gasteiger partial charge in [-0.15, -0.1) is 0 Å². The van der Waals surface area contributed by atoms with Crippen LogP contribution in [0.2, 0.25) is 0 Å². The van der Waals surface area contributed by atoms with Gasteiger partial charge < -0.3 is 10.1 Å². The predicted molar refractivity (Wildman–Crippen MR) is 98.1 cm³/mol. The maximum atomic E-state index is 10.6. The number of aliphatic hydroxyl groups excluding tert-OH is 1. The second kappa shape index (κ2) is 7.26. The van der Waals surface area contributed by atoms with E-state index < -0.39 is 6.10 Å². The molecule has 1 unspecified atom stereocenters. The van der Waals surface area contributed by atoms with Crippen LogP contribution in [0.3, 0.4) is 0 Å². The van der Waals surface area contributed by atoms with Crippen molar-refractivity contribution in [2.75, 3.05) is 32.7 Å². The van der Waals surface area contributed by atoms with E-state index >= 15 is 0 Å². The van der Waals surface area contributed by atoms with Crippen molar-refractivity contribution in [3.8, 4) is 0 Å². The highest BCUT2D eigenvalue weighted by molar-refractivity contribution is 5.79. The lowest BCUT2D eigenvalue weighted by atomic mass is 9.94. The van der Waals surface area contributed by atoms with Gasteiger partial charge in [-0.2, -0.15) is 0 Å². The number of aromatic nitrogens is 1. The van der Waals surface area contributed by atoms with E-state index in [0.717, 1.165) is 49.8 Å². The van der Waals surface area contributed by atoms with Crippen LogP contribution in [-0.4, -0.2) is 58.7 Å². The first-order chi connectivity index (χ1) is 11.8. The topological polar surface area (TPSA) is 42.5 Å². The predicted octanol–water partition coefficient (Wildman–Crippen LogP) is 3.15. The van der Waals surface area contributed by atoms with E-state index in [4.69, 9.17) is 0 Å². The van der Waals surface area contributed by atoms with Gasteiger partial charge >= 0.3 is 0 Å². The smallest absolute Gasteiger partial charge is 0.0917 e. The molecule has 4 rings (SSSR count). The second-order valence-corrected chi connectivity index (χ2v) is 7.47. The van der Waals surface area contributed by atoms with Crippen molar-refractivity contribution in [3.63, 3.8) is 0 Å². The largest absolute Gasteiger partial charge is 0.387 e. The highest BCUT2D eigenvalue weighted by Crippen LogP contribution is 2.24. The molecule has 0 bridgehead atoms. The summed E-state index contributed by atoms with van der Waals surface area (Å²) in [5, 5.41) is 11.8. The summed E-state index contributed by atoms with van der Waals surface area (Å²) < 4.78 is 0. The summed E-state index contributed by atoms with van der Waals surface area (Å²) in [4.78, 5) is 8.34. The SMILES string of the molecule is OC(CN1CCN(C2CCCCC2)CC1)c1ccc2cc[nH]c2c1. The molecule has 130 valence electrons. The van der Waals surface area contributed by atoms with E-state index in [1.54, 1.807) is 0 Å². The van der Waals surface area contributed by atoms with Gasteiger partial charge in [0, 0.05) is 50.5 Å². The Kier molecular flexibility index (Phi) is 4.88. The fraction of sp³-hybridized carbons (Fsp3) is 0.600. The average molecular weight is 327 g/mol. The van der Waals surface area contributed by atoms with Gasteiger partial charge in [-0.1, -0.05) is 31.4 Å². The Hall–Kier alpha value is -1.36. The van der Waals surface area contributed by atoms with Gasteiger partial charge in [0.05, 0.1) is 6.10 Å². The zero-order valence-electron chi connectivity index (χ0n) is 14.5. The van der Waals surface area contributed by atoms with Crippen molar-refractivity contribution in [1.82, 2.24) is 14.8 Å². The third kappa shape index (κ3) is 3.51. The minimum Gasteiger partial charge on any atom is -0.387 e. The summed E-state index contributed by atoms with van der Waals surface area (Å²) in [6, 6.07) is 9.11. The molecule has 24 heavy (non-hydrogen) atoms. The number of hydrogen-bond donors (Lipinski definition) is 2. The van der Waals surface area contributed by atoms with Gasteiger partial charge in [0.2, 0.25) is 0 Å². The van der Waals surface area contributed by atoms with Crippen LogP contribution in [-0.2, 0) is 0 Å². The Morgan fingerprint density at radius 2 is 1.83 bits per heavy atom. The normalized spacial score (nSPS) is 22.9. The minimum absolute atomic E-state index is 0.404. The number of nitrogens with one attached hydrogen (secondary N) is 1. The second-order valence-electron chi connectivity index (χ2n) is 7.47. The van der Waals surface area contributed by atoms with E-state index in [1.807, 2.05) is 6.20 Å². The highest BCUT2D eigenvalue weighted by Gasteiger charge is 2.26. The van der Waals surface area contributed by atoms with Gasteiger partial charge in [0.15, 0.2) is 0 Å². The monoisotopic (exact) mass is 327 g/mol. The van der Waals surface area contributed by atoms with Crippen molar-refractivity contribution in [3.05, 3.63) is 36.0 Å². The van der Waals surface area contributed by atoms with Crippen LogP contribution < -0.4 is 0 Å². The highest BCUT2D eigenvalue weighted by atomic mass is 16.3. The Bertz CT molecular complexity index is 654. The van der Waals surface area contributed by atoms with Crippen LogP contribution in [0.5, 0.6) is 0 Å². The summed E-state index contributed by atoms with van der Waals surface area (Å²) in [5.41, 5.74) is 2.12. The first kappa shape index (κ1) is 16.1. The van der Waals surface area contributed by atoms with Crippen molar-refractivity contribution in [2.45, 2.75) is 44.2 Å². The first-order valence-electron chi connectivity index (χ1n) is 9.51. The molecule has 2 aliphatic rings. The van der Waals surface area contributed by atoms with Gasteiger partial charge in [-0.05, 0) is 35.9 Å². The molecular weight excluding hydrogens is 298 g/mol. The number of benzene rings is 1. The number of rotatable bonds is 4. The summed E-state index contributed by atoms with van der Waals surface area (Å²) in [5.74, 6) is 0. The Morgan fingerprint density at radius 3 is 2.62 bits per heavy atom. The number of nitrogens with zero attached hydrogens (tertiary/aromatic N) is 2. The third-order valence-corrected chi connectivity index (χ3v) is 5.89. The van der Waals surface area contributed by atoms with Crippen LogP contribution in [0.4, 0.5) is 0 Å². The molecule has 2 heterocycles. The Morgan fingerprint density at radius 1 is 1.04 bits per heavy atom. The number of β-amino-alcohol motifs (C(OH)–C–C–N with tert-alkyl or cyclic N) is 1. The molecular formula is C20H29N3O. The fourth-order valence-electron chi connectivity index (χ4n) is 4.38. The molecule has 1 atom stereocenters. The van der Waals surface area contributed by atoms with Gasteiger partial charge in [-0.3, -0.25) is 9.80 Å². The number of aromatic amines is 1. The lowest BCUT2D eigenvalue weighted by Gasteiger charge is -2.41. The molecule has 2 aromatic rings. The van der Waals surface area contributed by atoms with Crippen molar-refractivity contribution >= 4 is 10.9 Å². The van der Waals surface area contributed by atoms with Crippen molar-refractivity contribution < 1.29 is 5.11 Å². The summed E-state index contributed by atoms with van der Waals surface area (Å²) >= 11 is 0. The van der Waals surface area contributed by atoms with Gasteiger partial charge in [-0.25, -0.2) is 0 Å². The zero-order valence-corrected chi connectivity index (χ0v) is 14.5. The summed E-state index contributed by atoms with van der Waals surface area (Å²) in [7, 11) is 0. The van der Waals surface area contributed by atoms with Crippen molar-refractivity contribution in [2.24, 2.45) is 0 Å². The molecule has 1 saturated carbocycles. The maximum absolute atomic E-state index is 10.6. The molecule has 1 aliphatic carbocycles. The Balaban J connectivity index is 1.31. The quantitative estimate of drug-likeness (QED) is 0.906. The molecule has 1 aromatic carbocycles. The molecule has 4 heteroatoms. The Labute approximate surface area is 144 Å². The van der Waals surface area contributed by atoms with Gasteiger partial charge in [0.25, 0.3) is 0 Å². The number of hydrogen-bond acceptors (Lipinski definition) is 3. The molecule has 2 N–H and O–H groups in total. The lowest BCUT2D eigenvalue weighted by molar-refractivity contribution is 0.0475. The molecule has 0 radical (unpaired) electrons. The van der Waals surface area contributed by atoms with E-state index in [1.165, 1.54) is 37.5 Å². The molecule has 1 saturated heterocycles. The fourth-order valence-corrected chi connectivity index (χ4v) is 4.38. The molecule has 1 aliphatic heterocycles. The third-order valence-electron chi connectivity index (χ3n) is 5.89. The van der Waals surface area contributed by atoms with E-state index in [9.17, 15) is 5.11 Å². The van der Waals surface area contributed by atoms with E-state index in [2.05, 4.69) is 39.0 Å². The summed E-state index contributed by atoms with van der Waals surface area (Å²) in [6.45, 7) is 5.22. The molecule has 0 spiro atoms. The van der Waals surface area contributed by atoms with E-state index in [0.29, 0.717) is 0 Å². The number of fused-ring (bicyclic) bond motifs is 1. The molecule has 4 nitrogen and oxygen atoms in total. The van der Waals surface area contributed by atoms with Crippen LogP contribution in [0.15, 0.2) is 30.5 Å². The van der Waals surface area contributed by atoms with Crippen molar-refractivity contribution in [1.29, 1.82) is 0 Å². The molecule has 0 amide bonds. The minimum atomic E-state index is -0.404. The molecule has 1 aromatic heterocycles. The number of aliphatic hydroxyl groups is 1. The standard InChI is InChI=1S/C20H29N3O/c24-20(17-7-6-16-8-9-21-19(16)14-17)15-22-10-12-23(13-11-22)18-4-2-1-3-5-18/h6-9,14,18,20-21,24H,1-5,10-13,15H2. The van der Waals surface area contributed by atoms with Crippen LogP contribution in [0, 0.1) is 0 Å². The summed E-state index contributed by atoms with van der Waals surface area (Å²) in [6.07, 6.45) is 8.56. The number of piperazine rings is 1. The first-order valence-corrected chi connectivity index (χ1v) is 9.51. The molecule has 2 fully saturated rings. The van der Waals surface area contributed by atoms with Crippen LogP contribution in [0.1, 0.15) is 43.8 Å². The lowest BCUT2D eigenvalue weighted by Crippen LogP contribution is -2.51. The van der Waals surface area contributed by atoms with Gasteiger partial charge in [0.1, 0.15) is 0 Å². The van der Waals surface area contributed by atoms with Crippen LogP contribution in [0.25, 0.3) is 10.9 Å². The average Bonchev–Trinajstić information content (AvgIpc) is 3.11. The zero-order chi connectivity index (χ0) is 16.4. The van der Waals surface area contributed by atoms with E-state index in [-0.39, 0.29) is 0 Å². The number of H-pyrrole nitrogens is 1. The maximum Gasteiger partial charge on any atom is 0.0917 e.